The van der Waals surface area contributed by atoms with Crippen LogP contribution in [0, 0.1) is 0 Å². The lowest BCUT2D eigenvalue weighted by Crippen LogP contribution is -2.58. The van der Waals surface area contributed by atoms with E-state index < -0.39 is 21.3 Å². The van der Waals surface area contributed by atoms with Crippen molar-refractivity contribution in [2.24, 2.45) is 0 Å². The highest BCUT2D eigenvalue weighted by molar-refractivity contribution is 7.90. The molecule has 1 unspecified atom stereocenters. The van der Waals surface area contributed by atoms with Gasteiger partial charge in [-0.25, -0.2) is 13.1 Å². The predicted molar refractivity (Wildman–Crippen MR) is 64.1 cm³/mol. The third-order valence-corrected chi connectivity index (χ3v) is 4.46. The number of rotatable bonds is 4. The Kier molecular flexibility index (Phi) is 4.51. The number of nitrogens with one attached hydrogen (secondary N) is 1. The number of amides is 1. The molecule has 6 nitrogen and oxygen atoms in total. The van der Waals surface area contributed by atoms with Crippen LogP contribution in [-0.2, 0) is 19.6 Å². The number of morpholine rings is 1. The summed E-state index contributed by atoms with van der Waals surface area (Å²) >= 11 is 0. The quantitative estimate of drug-likeness (QED) is 0.747. The molecule has 1 aliphatic rings. The average molecular weight is 264 g/mol. The van der Waals surface area contributed by atoms with Crippen molar-refractivity contribution < 1.29 is 17.9 Å². The first kappa shape index (κ1) is 14.4. The second-order valence-electron chi connectivity index (χ2n) is 4.41. The molecule has 1 N–H and O–H groups in total. The lowest BCUT2D eigenvalue weighted by molar-refractivity contribution is -0.145. The van der Waals surface area contributed by atoms with Gasteiger partial charge in [0, 0.05) is 6.54 Å². The summed E-state index contributed by atoms with van der Waals surface area (Å²) in [6.07, 6.45) is 0.734. The van der Waals surface area contributed by atoms with E-state index >= 15 is 0 Å². The van der Waals surface area contributed by atoms with E-state index in [-0.39, 0.29) is 5.91 Å². The Labute approximate surface area is 102 Å². The molecule has 1 atom stereocenters. The zero-order chi connectivity index (χ0) is 13.1. The Morgan fingerprint density at radius 2 is 2.18 bits per heavy atom. The zero-order valence-electron chi connectivity index (χ0n) is 10.5. The summed E-state index contributed by atoms with van der Waals surface area (Å²) in [6, 6.07) is 0. The van der Waals surface area contributed by atoms with Crippen LogP contribution < -0.4 is 4.72 Å². The van der Waals surface area contributed by atoms with Gasteiger partial charge in [0.2, 0.25) is 15.9 Å². The molecule has 1 fully saturated rings. The molecule has 0 aromatic rings. The van der Waals surface area contributed by atoms with Gasteiger partial charge in [0.15, 0.2) is 0 Å². The Morgan fingerprint density at radius 1 is 1.53 bits per heavy atom. The Morgan fingerprint density at radius 3 is 2.71 bits per heavy atom. The highest BCUT2D eigenvalue weighted by atomic mass is 32.2. The van der Waals surface area contributed by atoms with Gasteiger partial charge < -0.3 is 9.64 Å². The van der Waals surface area contributed by atoms with Crippen LogP contribution in [-0.4, -0.2) is 57.3 Å². The van der Waals surface area contributed by atoms with Crippen LogP contribution in [0.3, 0.4) is 0 Å². The van der Waals surface area contributed by atoms with Gasteiger partial charge in [-0.05, 0) is 20.4 Å². The van der Waals surface area contributed by atoms with E-state index in [2.05, 4.69) is 4.72 Å². The van der Waals surface area contributed by atoms with E-state index in [0.717, 1.165) is 6.42 Å². The lowest BCUT2D eigenvalue weighted by Gasteiger charge is -2.44. The third kappa shape index (κ3) is 3.40. The standard InChI is InChI=1S/C10H20N2O4S/c1-4-10(2)8-16-6-5-12(10)9(13)7-17(14,15)11-3/h11H,4-8H2,1-3H3. The molecule has 7 heteroatoms. The topological polar surface area (TPSA) is 75.7 Å². The molecule has 100 valence electrons. The minimum Gasteiger partial charge on any atom is -0.377 e. The summed E-state index contributed by atoms with van der Waals surface area (Å²) < 4.78 is 30.2. The molecule has 0 saturated carbocycles. The van der Waals surface area contributed by atoms with Gasteiger partial charge >= 0.3 is 0 Å². The van der Waals surface area contributed by atoms with Crippen molar-refractivity contribution >= 4 is 15.9 Å². The zero-order valence-corrected chi connectivity index (χ0v) is 11.3. The Bertz CT molecular complexity index is 382. The molecule has 1 amide bonds. The molecule has 1 heterocycles. The van der Waals surface area contributed by atoms with Crippen molar-refractivity contribution in [3.63, 3.8) is 0 Å². The molecule has 1 aliphatic heterocycles. The molecular formula is C10H20N2O4S. The first-order chi connectivity index (χ1) is 7.84. The van der Waals surface area contributed by atoms with Crippen LogP contribution >= 0.6 is 0 Å². The van der Waals surface area contributed by atoms with E-state index in [0.29, 0.717) is 19.8 Å². The number of carbonyl (C=O) groups is 1. The second-order valence-corrected chi connectivity index (χ2v) is 6.34. The first-order valence-corrected chi connectivity index (χ1v) is 7.29. The first-order valence-electron chi connectivity index (χ1n) is 5.64. The van der Waals surface area contributed by atoms with Crippen molar-refractivity contribution in [1.29, 1.82) is 0 Å². The fourth-order valence-electron chi connectivity index (χ4n) is 1.83. The number of carbonyl (C=O) groups excluding carboxylic acids is 1. The summed E-state index contributed by atoms with van der Waals surface area (Å²) in [6.45, 7) is 5.23. The Balaban J connectivity index is 2.80. The monoisotopic (exact) mass is 264 g/mol. The van der Waals surface area contributed by atoms with Crippen LogP contribution in [0.4, 0.5) is 0 Å². The molecule has 0 aliphatic carbocycles. The summed E-state index contributed by atoms with van der Waals surface area (Å²) in [4.78, 5) is 13.6. The minimum atomic E-state index is -3.51. The molecule has 17 heavy (non-hydrogen) atoms. The average Bonchev–Trinajstić information content (AvgIpc) is 2.29. The van der Waals surface area contributed by atoms with E-state index in [1.165, 1.54) is 7.05 Å². The summed E-state index contributed by atoms with van der Waals surface area (Å²) in [5.41, 5.74) is -0.404. The van der Waals surface area contributed by atoms with Gasteiger partial charge in [-0.2, -0.15) is 0 Å². The second kappa shape index (κ2) is 5.32. The minimum absolute atomic E-state index is 0.369. The number of nitrogens with zero attached hydrogens (tertiary/aromatic N) is 1. The van der Waals surface area contributed by atoms with Gasteiger partial charge in [0.05, 0.1) is 18.8 Å². The lowest BCUT2D eigenvalue weighted by atomic mass is 9.96. The van der Waals surface area contributed by atoms with Gasteiger partial charge in [0.1, 0.15) is 5.75 Å². The predicted octanol–water partition coefficient (Wildman–Crippen LogP) is -0.437. The van der Waals surface area contributed by atoms with E-state index in [1.807, 2.05) is 13.8 Å². The SMILES string of the molecule is CCC1(C)COCCN1C(=O)CS(=O)(=O)NC. The maximum absolute atomic E-state index is 12.0. The molecule has 0 radical (unpaired) electrons. The van der Waals surface area contributed by atoms with Crippen molar-refractivity contribution in [2.45, 2.75) is 25.8 Å². The van der Waals surface area contributed by atoms with Crippen LogP contribution in [0.15, 0.2) is 0 Å². The molecule has 0 aromatic carbocycles. The largest absolute Gasteiger partial charge is 0.377 e. The fourth-order valence-corrected chi connectivity index (χ4v) is 2.45. The molecule has 0 aromatic heterocycles. The number of hydrogen-bond acceptors (Lipinski definition) is 4. The number of sulfonamides is 1. The smallest absolute Gasteiger partial charge is 0.239 e. The maximum Gasteiger partial charge on any atom is 0.239 e. The normalized spacial score (nSPS) is 25.9. The van der Waals surface area contributed by atoms with Crippen molar-refractivity contribution in [1.82, 2.24) is 9.62 Å². The van der Waals surface area contributed by atoms with Crippen molar-refractivity contribution in [3.8, 4) is 0 Å². The fraction of sp³-hybridized carbons (Fsp3) is 0.900. The summed E-state index contributed by atoms with van der Waals surface area (Å²) in [5.74, 6) is -0.869. The molecule has 1 rings (SSSR count). The van der Waals surface area contributed by atoms with Gasteiger partial charge in [-0.3, -0.25) is 4.79 Å². The number of hydrogen-bond donors (Lipinski definition) is 1. The molecule has 0 bridgehead atoms. The van der Waals surface area contributed by atoms with Crippen molar-refractivity contribution in [3.05, 3.63) is 0 Å². The van der Waals surface area contributed by atoms with Gasteiger partial charge in [-0.15, -0.1) is 0 Å². The van der Waals surface area contributed by atoms with E-state index in [4.69, 9.17) is 4.74 Å². The van der Waals surface area contributed by atoms with Gasteiger partial charge in [-0.1, -0.05) is 6.92 Å². The molecule has 0 spiro atoms. The van der Waals surface area contributed by atoms with E-state index in [9.17, 15) is 13.2 Å². The molecular weight excluding hydrogens is 244 g/mol. The van der Waals surface area contributed by atoms with Crippen LogP contribution in [0.1, 0.15) is 20.3 Å². The summed E-state index contributed by atoms with van der Waals surface area (Å²) in [5, 5.41) is 0. The van der Waals surface area contributed by atoms with Crippen molar-refractivity contribution in [2.75, 3.05) is 32.6 Å². The third-order valence-electron chi connectivity index (χ3n) is 3.21. The number of ether oxygens (including phenoxy) is 1. The molecule has 1 saturated heterocycles. The highest BCUT2D eigenvalue weighted by Crippen LogP contribution is 2.23. The Hall–Kier alpha value is -0.660. The van der Waals surface area contributed by atoms with Crippen LogP contribution in [0.25, 0.3) is 0 Å². The maximum atomic E-state index is 12.0. The van der Waals surface area contributed by atoms with Crippen LogP contribution in [0.2, 0.25) is 0 Å². The highest BCUT2D eigenvalue weighted by Gasteiger charge is 2.37. The summed E-state index contributed by atoms with van der Waals surface area (Å²) in [7, 11) is -2.20. The van der Waals surface area contributed by atoms with E-state index in [1.54, 1.807) is 4.90 Å². The van der Waals surface area contributed by atoms with Crippen LogP contribution in [0.5, 0.6) is 0 Å². The van der Waals surface area contributed by atoms with Gasteiger partial charge in [0.25, 0.3) is 0 Å².